The highest BCUT2D eigenvalue weighted by molar-refractivity contribution is 5.51. The molecule has 0 aliphatic rings. The van der Waals surface area contributed by atoms with Crippen molar-refractivity contribution in [2.75, 3.05) is 18.0 Å². The van der Waals surface area contributed by atoms with Gasteiger partial charge in [0.2, 0.25) is 0 Å². The van der Waals surface area contributed by atoms with Gasteiger partial charge >= 0.3 is 0 Å². The van der Waals surface area contributed by atoms with Gasteiger partial charge in [-0.25, -0.2) is 0 Å². The van der Waals surface area contributed by atoms with E-state index in [-0.39, 0.29) is 5.54 Å². The third-order valence-electron chi connectivity index (χ3n) is 4.67. The Hall–Kier alpha value is -1.02. The quantitative estimate of drug-likeness (QED) is 0.764. The second kappa shape index (κ2) is 7.68. The van der Waals surface area contributed by atoms with Gasteiger partial charge in [0.1, 0.15) is 0 Å². The number of hydrogen-bond acceptors (Lipinski definition) is 2. The van der Waals surface area contributed by atoms with Crippen molar-refractivity contribution < 1.29 is 0 Å². The molecule has 2 N–H and O–H groups in total. The zero-order valence-corrected chi connectivity index (χ0v) is 13.9. The molecule has 1 aromatic rings. The predicted octanol–water partition coefficient (Wildman–Crippen LogP) is 4.37. The van der Waals surface area contributed by atoms with E-state index >= 15 is 0 Å². The van der Waals surface area contributed by atoms with Gasteiger partial charge in [-0.05, 0) is 50.3 Å². The van der Waals surface area contributed by atoms with E-state index in [1.807, 2.05) is 0 Å². The van der Waals surface area contributed by atoms with E-state index in [4.69, 9.17) is 5.73 Å². The third kappa shape index (κ3) is 3.76. The summed E-state index contributed by atoms with van der Waals surface area (Å²) < 4.78 is 0. The van der Waals surface area contributed by atoms with Gasteiger partial charge in [-0.1, -0.05) is 39.3 Å². The average molecular weight is 276 g/mol. The molecule has 0 aliphatic heterocycles. The van der Waals surface area contributed by atoms with E-state index in [1.54, 1.807) is 0 Å². The Morgan fingerprint density at radius 3 is 2.40 bits per heavy atom. The first-order valence-corrected chi connectivity index (χ1v) is 8.07. The number of rotatable bonds is 8. The average Bonchev–Trinajstić information content (AvgIpc) is 2.46. The van der Waals surface area contributed by atoms with Gasteiger partial charge < -0.3 is 10.6 Å². The maximum Gasteiger partial charge on any atom is 0.0524 e. The van der Waals surface area contributed by atoms with Crippen LogP contribution in [0.5, 0.6) is 0 Å². The molecular weight excluding hydrogens is 244 g/mol. The standard InChI is InChI=1S/C18H32N2/c1-6-15(4)13-18(7-2,14-19)20(8-3)17-11-9-10-16(5)12-17/h9-12,15H,6-8,13-14,19H2,1-5H3. The van der Waals surface area contributed by atoms with Crippen molar-refractivity contribution >= 4 is 5.69 Å². The molecule has 0 aromatic heterocycles. The van der Waals surface area contributed by atoms with Crippen LogP contribution in [0.3, 0.4) is 0 Å². The first kappa shape index (κ1) is 17.0. The number of nitrogens with zero attached hydrogens (tertiary/aromatic N) is 1. The van der Waals surface area contributed by atoms with Crippen molar-refractivity contribution in [1.29, 1.82) is 0 Å². The number of anilines is 1. The summed E-state index contributed by atoms with van der Waals surface area (Å²) in [6, 6.07) is 8.79. The molecule has 0 radical (unpaired) electrons. The lowest BCUT2D eigenvalue weighted by molar-refractivity contribution is 0.299. The minimum absolute atomic E-state index is 0.0813. The number of benzene rings is 1. The van der Waals surface area contributed by atoms with Crippen LogP contribution in [0.1, 0.15) is 52.5 Å². The SMILES string of the molecule is CCC(C)CC(CC)(CN)N(CC)c1cccc(C)c1. The molecule has 1 rings (SSSR count). The maximum atomic E-state index is 6.23. The number of likely N-dealkylation sites (N-methyl/N-ethyl adjacent to an activating group) is 1. The lowest BCUT2D eigenvalue weighted by Crippen LogP contribution is -2.54. The Kier molecular flexibility index (Phi) is 6.54. The van der Waals surface area contributed by atoms with E-state index < -0.39 is 0 Å². The summed E-state index contributed by atoms with van der Waals surface area (Å²) in [5.74, 6) is 0.706. The highest BCUT2D eigenvalue weighted by Gasteiger charge is 2.34. The number of aryl methyl sites for hydroxylation is 1. The predicted molar refractivity (Wildman–Crippen MR) is 90.3 cm³/mol. The summed E-state index contributed by atoms with van der Waals surface area (Å²) in [7, 11) is 0. The van der Waals surface area contributed by atoms with E-state index in [1.165, 1.54) is 17.7 Å². The molecule has 114 valence electrons. The molecule has 0 spiro atoms. The molecule has 2 heteroatoms. The molecule has 1 aromatic carbocycles. The molecular formula is C18H32N2. The Balaban J connectivity index is 3.14. The minimum Gasteiger partial charge on any atom is -0.365 e. The molecule has 0 aliphatic carbocycles. The van der Waals surface area contributed by atoms with Crippen LogP contribution >= 0.6 is 0 Å². The lowest BCUT2D eigenvalue weighted by atomic mass is 9.82. The van der Waals surface area contributed by atoms with Gasteiger partial charge in [0.15, 0.2) is 0 Å². The summed E-state index contributed by atoms with van der Waals surface area (Å²) in [6.07, 6.45) is 3.47. The van der Waals surface area contributed by atoms with E-state index in [0.29, 0.717) is 5.92 Å². The highest BCUT2D eigenvalue weighted by Crippen LogP contribution is 2.33. The third-order valence-corrected chi connectivity index (χ3v) is 4.67. The Morgan fingerprint density at radius 1 is 1.25 bits per heavy atom. The van der Waals surface area contributed by atoms with E-state index in [2.05, 4.69) is 63.8 Å². The van der Waals surface area contributed by atoms with Crippen LogP contribution in [0.15, 0.2) is 24.3 Å². The van der Waals surface area contributed by atoms with Crippen molar-refractivity contribution in [1.82, 2.24) is 0 Å². The highest BCUT2D eigenvalue weighted by atomic mass is 15.2. The minimum atomic E-state index is 0.0813. The maximum absolute atomic E-state index is 6.23. The summed E-state index contributed by atoms with van der Waals surface area (Å²) in [4.78, 5) is 2.52. The fraction of sp³-hybridized carbons (Fsp3) is 0.667. The fourth-order valence-electron chi connectivity index (χ4n) is 3.16. The largest absolute Gasteiger partial charge is 0.365 e. The van der Waals surface area contributed by atoms with Crippen LogP contribution in [0.4, 0.5) is 5.69 Å². The number of hydrogen-bond donors (Lipinski definition) is 1. The first-order valence-electron chi connectivity index (χ1n) is 8.07. The van der Waals surface area contributed by atoms with Crippen LogP contribution in [0.25, 0.3) is 0 Å². The topological polar surface area (TPSA) is 29.3 Å². The second-order valence-corrected chi connectivity index (χ2v) is 6.08. The summed E-state index contributed by atoms with van der Waals surface area (Å²) in [6.45, 7) is 13.0. The van der Waals surface area contributed by atoms with Crippen LogP contribution < -0.4 is 10.6 Å². The van der Waals surface area contributed by atoms with Crippen molar-refractivity contribution in [2.45, 2.75) is 59.4 Å². The fourth-order valence-corrected chi connectivity index (χ4v) is 3.16. The normalized spacial score (nSPS) is 15.7. The summed E-state index contributed by atoms with van der Waals surface area (Å²) in [5, 5.41) is 0. The van der Waals surface area contributed by atoms with Crippen molar-refractivity contribution in [3.63, 3.8) is 0 Å². The molecule has 2 unspecified atom stereocenters. The van der Waals surface area contributed by atoms with Crippen LogP contribution in [-0.4, -0.2) is 18.6 Å². The molecule has 2 atom stereocenters. The zero-order valence-electron chi connectivity index (χ0n) is 13.9. The molecule has 0 heterocycles. The first-order chi connectivity index (χ1) is 9.52. The molecule has 0 amide bonds. The summed E-state index contributed by atoms with van der Waals surface area (Å²) >= 11 is 0. The van der Waals surface area contributed by atoms with E-state index in [0.717, 1.165) is 25.9 Å². The molecule has 0 bridgehead atoms. The van der Waals surface area contributed by atoms with Crippen LogP contribution in [0, 0.1) is 12.8 Å². The Labute approximate surface area is 125 Å². The molecule has 2 nitrogen and oxygen atoms in total. The van der Waals surface area contributed by atoms with Gasteiger partial charge in [-0.15, -0.1) is 0 Å². The zero-order chi connectivity index (χ0) is 15.2. The second-order valence-electron chi connectivity index (χ2n) is 6.08. The van der Waals surface area contributed by atoms with E-state index in [9.17, 15) is 0 Å². The monoisotopic (exact) mass is 276 g/mol. The van der Waals surface area contributed by atoms with Crippen molar-refractivity contribution in [3.05, 3.63) is 29.8 Å². The van der Waals surface area contributed by atoms with Gasteiger partial charge in [0, 0.05) is 18.8 Å². The molecule has 0 saturated heterocycles. The van der Waals surface area contributed by atoms with Gasteiger partial charge in [0.05, 0.1) is 5.54 Å². The molecule has 20 heavy (non-hydrogen) atoms. The van der Waals surface area contributed by atoms with Gasteiger partial charge in [-0.3, -0.25) is 0 Å². The number of nitrogens with two attached hydrogens (primary N) is 1. The van der Waals surface area contributed by atoms with Crippen LogP contribution in [0.2, 0.25) is 0 Å². The Bertz CT molecular complexity index is 396. The van der Waals surface area contributed by atoms with Crippen molar-refractivity contribution in [3.8, 4) is 0 Å². The lowest BCUT2D eigenvalue weighted by Gasteiger charge is -2.46. The molecule has 0 fully saturated rings. The van der Waals surface area contributed by atoms with Gasteiger partial charge in [-0.2, -0.15) is 0 Å². The Morgan fingerprint density at radius 2 is 1.95 bits per heavy atom. The van der Waals surface area contributed by atoms with Crippen molar-refractivity contribution in [2.24, 2.45) is 11.7 Å². The smallest absolute Gasteiger partial charge is 0.0524 e. The van der Waals surface area contributed by atoms with Crippen LogP contribution in [-0.2, 0) is 0 Å². The molecule has 0 saturated carbocycles. The summed E-state index contributed by atoms with van der Waals surface area (Å²) in [5.41, 5.74) is 8.93. The van der Waals surface area contributed by atoms with Gasteiger partial charge in [0.25, 0.3) is 0 Å².